The van der Waals surface area contributed by atoms with Crippen molar-refractivity contribution in [1.29, 1.82) is 0 Å². The first-order chi connectivity index (χ1) is 17.0. The van der Waals surface area contributed by atoms with Crippen LogP contribution in [-0.4, -0.2) is 41.2 Å². The minimum absolute atomic E-state index is 0.0210. The fourth-order valence-electron chi connectivity index (χ4n) is 4.80. The van der Waals surface area contributed by atoms with Gasteiger partial charge in [0, 0.05) is 30.1 Å². The van der Waals surface area contributed by atoms with E-state index in [0.29, 0.717) is 42.1 Å². The number of rotatable bonds is 6. The molecule has 2 N–H and O–H groups in total. The molecule has 1 atom stereocenters. The van der Waals surface area contributed by atoms with Gasteiger partial charge in [-0.15, -0.1) is 5.10 Å². The molecule has 2 aromatic carbocycles. The summed E-state index contributed by atoms with van der Waals surface area (Å²) in [6, 6.07) is 14.3. The molecule has 1 fully saturated rings. The zero-order chi connectivity index (χ0) is 24.5. The number of anilines is 1. The van der Waals surface area contributed by atoms with Crippen LogP contribution >= 0.6 is 0 Å². The van der Waals surface area contributed by atoms with Crippen molar-refractivity contribution >= 4 is 23.3 Å². The normalized spacial score (nSPS) is 17.7. The highest BCUT2D eigenvalue weighted by molar-refractivity contribution is 6.09. The van der Waals surface area contributed by atoms with Crippen LogP contribution in [0.3, 0.4) is 0 Å². The van der Waals surface area contributed by atoms with Crippen molar-refractivity contribution in [2.24, 2.45) is 5.73 Å². The molecule has 3 aromatic rings. The number of primary amides is 1. The van der Waals surface area contributed by atoms with Crippen LogP contribution in [-0.2, 0) is 11.2 Å². The number of carbonyl (C=O) groups is 3. The number of Topliss-reactive ketones (excluding diaryl/α,β-unsaturated/α-hetero) is 1. The van der Waals surface area contributed by atoms with Crippen LogP contribution in [0.1, 0.15) is 63.7 Å². The number of ether oxygens (including phenoxy) is 1. The molecule has 2 amide bonds. The van der Waals surface area contributed by atoms with Gasteiger partial charge in [-0.05, 0) is 61.2 Å². The van der Waals surface area contributed by atoms with Crippen molar-refractivity contribution in [1.82, 2.24) is 9.94 Å². The summed E-state index contributed by atoms with van der Waals surface area (Å²) >= 11 is 0. The highest BCUT2D eigenvalue weighted by Crippen LogP contribution is 2.33. The highest BCUT2D eigenvalue weighted by atomic mass is 16.7. The van der Waals surface area contributed by atoms with E-state index in [2.05, 4.69) is 5.10 Å². The fraction of sp³-hybridized carbons (Fsp3) is 0.308. The van der Waals surface area contributed by atoms with Gasteiger partial charge in [0.2, 0.25) is 0 Å². The molecule has 5 rings (SSSR count). The first-order valence-corrected chi connectivity index (χ1v) is 11.6. The van der Waals surface area contributed by atoms with E-state index in [0.717, 1.165) is 29.7 Å². The third-order valence-electron chi connectivity index (χ3n) is 6.63. The second-order valence-electron chi connectivity index (χ2n) is 8.74. The molecular weight excluding hydrogens is 448 g/mol. The van der Waals surface area contributed by atoms with Crippen LogP contribution in [0.25, 0.3) is 0 Å². The maximum absolute atomic E-state index is 13.6. The lowest BCUT2D eigenvalue weighted by molar-refractivity contribution is -0.121. The lowest BCUT2D eigenvalue weighted by Gasteiger charge is -2.28. The summed E-state index contributed by atoms with van der Waals surface area (Å²) in [7, 11) is 1.56. The molecule has 0 bridgehead atoms. The Labute approximate surface area is 202 Å². The Morgan fingerprint density at radius 3 is 2.37 bits per heavy atom. The maximum atomic E-state index is 13.6. The summed E-state index contributed by atoms with van der Waals surface area (Å²) < 4.78 is 5.16. The van der Waals surface area contributed by atoms with Gasteiger partial charge in [0.15, 0.2) is 17.1 Å². The molecular formula is C26H26N4O5. The molecule has 1 aliphatic carbocycles. The number of aromatic nitrogens is 2. The second kappa shape index (κ2) is 9.25. The van der Waals surface area contributed by atoms with Crippen molar-refractivity contribution in [2.45, 2.75) is 38.0 Å². The van der Waals surface area contributed by atoms with Crippen molar-refractivity contribution in [2.75, 3.05) is 18.6 Å². The van der Waals surface area contributed by atoms with Gasteiger partial charge >= 0.3 is 0 Å². The summed E-state index contributed by atoms with van der Waals surface area (Å²) in [5, 5.41) is 4.20. The predicted molar refractivity (Wildman–Crippen MR) is 128 cm³/mol. The molecule has 9 nitrogen and oxygen atoms in total. The van der Waals surface area contributed by atoms with Gasteiger partial charge in [-0.1, -0.05) is 23.4 Å². The SMILES string of the molecule is COc1ccc(On2nc(C(N)=O)c3c2C(=O)N(c2ccc(C4CCCCC4=O)cc2)CC3)cc1. The molecule has 0 radical (unpaired) electrons. The zero-order valence-corrected chi connectivity index (χ0v) is 19.4. The monoisotopic (exact) mass is 474 g/mol. The average molecular weight is 475 g/mol. The summed E-state index contributed by atoms with van der Waals surface area (Å²) in [5.74, 6) is 0.208. The third-order valence-corrected chi connectivity index (χ3v) is 6.63. The number of nitrogens with zero attached hydrogens (tertiary/aromatic N) is 3. The highest BCUT2D eigenvalue weighted by Gasteiger charge is 2.35. The van der Waals surface area contributed by atoms with Crippen LogP contribution < -0.4 is 20.2 Å². The van der Waals surface area contributed by atoms with Gasteiger partial charge in [0.25, 0.3) is 11.8 Å². The zero-order valence-electron chi connectivity index (χ0n) is 19.4. The molecule has 9 heteroatoms. The Kier molecular flexibility index (Phi) is 5.98. The van der Waals surface area contributed by atoms with E-state index in [1.807, 2.05) is 24.3 Å². The molecule has 1 aliphatic heterocycles. The lowest BCUT2D eigenvalue weighted by atomic mass is 9.83. The Morgan fingerprint density at radius 1 is 1.00 bits per heavy atom. The Bertz CT molecular complexity index is 1280. The Morgan fingerprint density at radius 2 is 1.71 bits per heavy atom. The van der Waals surface area contributed by atoms with Crippen LogP contribution in [0, 0.1) is 0 Å². The third kappa shape index (κ3) is 4.25. The number of benzene rings is 2. The first-order valence-electron chi connectivity index (χ1n) is 11.6. The molecule has 1 unspecified atom stereocenters. The molecule has 1 aromatic heterocycles. The molecule has 35 heavy (non-hydrogen) atoms. The minimum Gasteiger partial charge on any atom is -0.497 e. The van der Waals surface area contributed by atoms with E-state index < -0.39 is 5.91 Å². The number of carbonyl (C=O) groups excluding carboxylic acids is 3. The summed E-state index contributed by atoms with van der Waals surface area (Å²) in [6.07, 6.45) is 3.89. The van der Waals surface area contributed by atoms with Crippen molar-refractivity contribution < 1.29 is 24.0 Å². The number of hydrogen-bond donors (Lipinski definition) is 1. The van der Waals surface area contributed by atoms with Crippen LogP contribution in [0.5, 0.6) is 11.5 Å². The number of methoxy groups -OCH3 is 1. The van der Waals surface area contributed by atoms with E-state index in [4.69, 9.17) is 15.3 Å². The van der Waals surface area contributed by atoms with E-state index in [1.54, 1.807) is 36.3 Å². The average Bonchev–Trinajstić information content (AvgIpc) is 3.25. The smallest absolute Gasteiger partial charge is 0.280 e. The van der Waals surface area contributed by atoms with E-state index in [-0.39, 0.29) is 29.0 Å². The van der Waals surface area contributed by atoms with Crippen LogP contribution in [0.15, 0.2) is 48.5 Å². The van der Waals surface area contributed by atoms with E-state index >= 15 is 0 Å². The van der Waals surface area contributed by atoms with Gasteiger partial charge in [-0.3, -0.25) is 14.4 Å². The van der Waals surface area contributed by atoms with Gasteiger partial charge in [-0.25, -0.2) is 0 Å². The van der Waals surface area contributed by atoms with Crippen molar-refractivity contribution in [3.05, 3.63) is 71.0 Å². The molecule has 1 saturated carbocycles. The quantitative estimate of drug-likeness (QED) is 0.586. The van der Waals surface area contributed by atoms with Crippen LogP contribution in [0.4, 0.5) is 5.69 Å². The summed E-state index contributed by atoms with van der Waals surface area (Å²) in [5.41, 5.74) is 7.86. The number of amides is 2. The molecule has 2 aliphatic rings. The van der Waals surface area contributed by atoms with Gasteiger partial charge < -0.3 is 20.2 Å². The van der Waals surface area contributed by atoms with Crippen molar-refractivity contribution in [3.63, 3.8) is 0 Å². The first kappa shape index (κ1) is 22.6. The number of ketones is 1. The van der Waals surface area contributed by atoms with Crippen molar-refractivity contribution in [3.8, 4) is 11.5 Å². The maximum Gasteiger partial charge on any atom is 0.280 e. The molecule has 180 valence electrons. The largest absolute Gasteiger partial charge is 0.497 e. The van der Waals surface area contributed by atoms with E-state index in [9.17, 15) is 14.4 Å². The summed E-state index contributed by atoms with van der Waals surface area (Å²) in [6.45, 7) is 0.363. The number of nitrogens with two attached hydrogens (primary N) is 1. The molecule has 2 heterocycles. The van der Waals surface area contributed by atoms with Gasteiger partial charge in [0.1, 0.15) is 11.5 Å². The van der Waals surface area contributed by atoms with Gasteiger partial charge in [0.05, 0.1) is 7.11 Å². The van der Waals surface area contributed by atoms with Gasteiger partial charge in [-0.2, -0.15) is 0 Å². The fourth-order valence-corrected chi connectivity index (χ4v) is 4.80. The Balaban J connectivity index is 1.44. The standard InChI is InChI=1S/C26H26N4O5/c1-34-18-10-12-19(13-11-18)35-30-24-21(23(28-30)25(27)32)14-15-29(26(24)33)17-8-6-16(7-9-17)20-4-2-3-5-22(20)31/h6-13,20H,2-5,14-15H2,1H3,(H2,27,32). The Hall–Kier alpha value is -4.14. The molecule has 0 saturated heterocycles. The summed E-state index contributed by atoms with van der Waals surface area (Å²) in [4.78, 5) is 46.4. The van der Waals surface area contributed by atoms with E-state index in [1.165, 1.54) is 0 Å². The second-order valence-corrected chi connectivity index (χ2v) is 8.74. The minimum atomic E-state index is -0.721. The van der Waals surface area contributed by atoms with Crippen LogP contribution in [0.2, 0.25) is 0 Å². The predicted octanol–water partition coefficient (Wildman–Crippen LogP) is 3.26. The number of hydrogen-bond acceptors (Lipinski definition) is 6. The topological polar surface area (TPSA) is 117 Å². The lowest BCUT2D eigenvalue weighted by Crippen LogP contribution is -2.39. The number of fused-ring (bicyclic) bond motifs is 1. The molecule has 0 spiro atoms.